The second-order valence-electron chi connectivity index (χ2n) is 12.6. The maximum atomic E-state index is 15.4. The van der Waals surface area contributed by atoms with Crippen LogP contribution < -0.4 is 10.6 Å². The summed E-state index contributed by atoms with van der Waals surface area (Å²) in [5.74, 6) is -2.49. The Morgan fingerprint density at radius 2 is 1.79 bits per heavy atom. The van der Waals surface area contributed by atoms with E-state index in [1.54, 1.807) is 18.5 Å². The highest BCUT2D eigenvalue weighted by molar-refractivity contribution is 6.76. The standard InChI is InChI=1S/C30H41Cl2F4N7O4Si/c1-18-26(19(2)43(41-18)17-47-15-16-48(3,4)5)20-9-10-25(39-27(20)33)40-28(45)21(7-6-8-24(31)32)38-29(46)22-11-13-37-42(22)14-12-23(44)30(34,35)36/h9-11,13,21,23-24,44H,6-8,12,14-17H2,1-5H3,(H,38,46)(H,39,40,45)/t21-,23?/m0/s1. The first-order chi connectivity index (χ1) is 22.4. The molecule has 0 aromatic carbocycles. The quantitative estimate of drug-likeness (QED) is 0.0491. The molecule has 48 heavy (non-hydrogen) atoms. The molecule has 3 N–H and O–H groups in total. The monoisotopic (exact) mass is 737 g/mol. The van der Waals surface area contributed by atoms with E-state index in [1.807, 2.05) is 0 Å². The normalized spacial score (nSPS) is 13.5. The smallest absolute Gasteiger partial charge is 0.384 e. The maximum Gasteiger partial charge on any atom is 0.414 e. The number of ether oxygens (including phenoxy) is 1. The Morgan fingerprint density at radius 1 is 1.08 bits per heavy atom. The minimum absolute atomic E-state index is 0.0760. The van der Waals surface area contributed by atoms with Crippen molar-refractivity contribution in [2.24, 2.45) is 0 Å². The number of aliphatic hydroxyl groups excluding tert-OH is 1. The van der Waals surface area contributed by atoms with Gasteiger partial charge in [0.05, 0.1) is 5.69 Å². The third kappa shape index (κ3) is 11.5. The number of alkyl halides is 5. The zero-order valence-electron chi connectivity index (χ0n) is 27.4. The molecule has 0 aliphatic carbocycles. The predicted octanol–water partition coefficient (Wildman–Crippen LogP) is 6.23. The van der Waals surface area contributed by atoms with Gasteiger partial charge in [-0.25, -0.2) is 9.67 Å². The highest BCUT2D eigenvalue weighted by atomic mass is 35.5. The van der Waals surface area contributed by atoms with Crippen molar-refractivity contribution >= 4 is 48.9 Å². The molecule has 0 spiro atoms. The highest BCUT2D eigenvalue weighted by Crippen LogP contribution is 2.30. The number of carbonyl (C=O) groups is 2. The van der Waals surface area contributed by atoms with Crippen LogP contribution in [-0.2, 0) is 22.8 Å². The average molecular weight is 739 g/mol. The molecule has 0 fully saturated rings. The first kappa shape index (κ1) is 39.4. The molecule has 266 valence electrons. The van der Waals surface area contributed by atoms with Gasteiger partial charge in [-0.1, -0.05) is 19.6 Å². The molecule has 1 unspecified atom stereocenters. The summed E-state index contributed by atoms with van der Waals surface area (Å²) in [7, 11) is -1.26. The van der Waals surface area contributed by atoms with Crippen molar-refractivity contribution in [1.29, 1.82) is 0 Å². The van der Waals surface area contributed by atoms with E-state index in [-0.39, 0.29) is 30.2 Å². The number of halogens is 6. The van der Waals surface area contributed by atoms with E-state index < -0.39 is 62.0 Å². The van der Waals surface area contributed by atoms with Crippen LogP contribution >= 0.6 is 23.2 Å². The molecular weight excluding hydrogens is 697 g/mol. The Hall–Kier alpha value is -3.05. The number of pyridine rings is 1. The molecule has 0 aliphatic rings. The van der Waals surface area contributed by atoms with E-state index in [9.17, 15) is 27.9 Å². The van der Waals surface area contributed by atoms with Gasteiger partial charge in [0.25, 0.3) is 5.91 Å². The van der Waals surface area contributed by atoms with Crippen molar-refractivity contribution in [3.63, 3.8) is 0 Å². The fraction of sp³-hybridized carbons (Fsp3) is 0.567. The Labute approximate surface area is 287 Å². The Kier molecular flexibility index (Phi) is 14.0. The van der Waals surface area contributed by atoms with Gasteiger partial charge >= 0.3 is 6.18 Å². The molecule has 3 aromatic rings. The number of hydrogen-bond donors (Lipinski definition) is 3. The lowest BCUT2D eigenvalue weighted by atomic mass is 10.1. The van der Waals surface area contributed by atoms with Crippen molar-refractivity contribution in [3.05, 3.63) is 47.4 Å². The lowest BCUT2D eigenvalue weighted by Crippen LogP contribution is -2.44. The molecule has 0 saturated heterocycles. The van der Waals surface area contributed by atoms with E-state index in [0.29, 0.717) is 36.4 Å². The van der Waals surface area contributed by atoms with Crippen LogP contribution in [0.2, 0.25) is 25.7 Å². The van der Waals surface area contributed by atoms with E-state index in [4.69, 9.17) is 27.9 Å². The Balaban J connectivity index is 1.73. The van der Waals surface area contributed by atoms with Crippen LogP contribution in [0, 0.1) is 19.8 Å². The molecule has 2 atom stereocenters. The SMILES string of the molecule is Cc1nn(COCC[Si](C)(C)C)c(C)c1-c1ccc(NC(=O)[C@H](CCCC(Cl)Cl)NC(=O)c2ccnn2CCC(O)C(F)(F)F)nc1F. The van der Waals surface area contributed by atoms with Crippen LogP contribution in [0.1, 0.15) is 47.6 Å². The zero-order chi connectivity index (χ0) is 35.8. The fourth-order valence-corrected chi connectivity index (χ4v) is 5.80. The number of nitrogens with zero attached hydrogens (tertiary/aromatic N) is 5. The molecule has 0 bridgehead atoms. The first-order valence-electron chi connectivity index (χ1n) is 15.3. The van der Waals surface area contributed by atoms with Crippen molar-refractivity contribution in [2.75, 3.05) is 11.9 Å². The molecule has 18 heteroatoms. The lowest BCUT2D eigenvalue weighted by Gasteiger charge is -2.19. The summed E-state index contributed by atoms with van der Waals surface area (Å²) in [6.07, 6.45) is -6.26. The van der Waals surface area contributed by atoms with Crippen LogP contribution in [-0.4, -0.2) is 79.3 Å². The molecular formula is C30H41Cl2F4N7O4Si. The topological polar surface area (TPSA) is 136 Å². The summed E-state index contributed by atoms with van der Waals surface area (Å²) in [6, 6.07) is 3.97. The van der Waals surface area contributed by atoms with Crippen LogP contribution in [0.15, 0.2) is 24.4 Å². The molecule has 0 radical (unpaired) electrons. The average Bonchev–Trinajstić information content (AvgIpc) is 3.56. The fourth-order valence-electron chi connectivity index (χ4n) is 4.73. The summed E-state index contributed by atoms with van der Waals surface area (Å²) in [5.41, 5.74) is 1.86. The van der Waals surface area contributed by atoms with Crippen LogP contribution in [0.5, 0.6) is 0 Å². The van der Waals surface area contributed by atoms with Gasteiger partial charge in [0, 0.05) is 50.7 Å². The molecule has 11 nitrogen and oxygen atoms in total. The number of anilines is 1. The minimum Gasteiger partial charge on any atom is -0.384 e. The van der Waals surface area contributed by atoms with Crippen molar-refractivity contribution in [3.8, 4) is 11.1 Å². The van der Waals surface area contributed by atoms with Crippen molar-refractivity contribution in [2.45, 2.75) is 102 Å². The summed E-state index contributed by atoms with van der Waals surface area (Å²) in [5, 5.41) is 22.7. The molecule has 0 saturated carbocycles. The van der Waals surface area contributed by atoms with Gasteiger partial charge in [0.15, 0.2) is 6.10 Å². The molecule has 3 aromatic heterocycles. The molecule has 3 rings (SSSR count). The highest BCUT2D eigenvalue weighted by Gasteiger charge is 2.38. The van der Waals surface area contributed by atoms with Gasteiger partial charge in [-0.15, -0.1) is 23.2 Å². The zero-order valence-corrected chi connectivity index (χ0v) is 29.9. The number of amides is 2. The molecule has 2 amide bonds. The molecule has 0 aliphatic heterocycles. The summed E-state index contributed by atoms with van der Waals surface area (Å²) in [6.45, 7) is 10.7. The third-order valence-corrected chi connectivity index (χ3v) is 9.58. The van der Waals surface area contributed by atoms with Gasteiger partial charge in [-0.2, -0.15) is 27.8 Å². The first-order valence-corrected chi connectivity index (χ1v) is 19.9. The Morgan fingerprint density at radius 3 is 2.42 bits per heavy atom. The number of rotatable bonds is 17. The lowest BCUT2D eigenvalue weighted by molar-refractivity contribution is -0.206. The number of hydrogen-bond acceptors (Lipinski definition) is 7. The van der Waals surface area contributed by atoms with Gasteiger partial charge in [0.1, 0.15) is 29.1 Å². The number of aromatic nitrogens is 5. The number of nitrogens with one attached hydrogen (secondary N) is 2. The Bertz CT molecular complexity index is 1550. The second kappa shape index (κ2) is 17.1. The van der Waals surface area contributed by atoms with E-state index in [0.717, 1.165) is 10.7 Å². The van der Waals surface area contributed by atoms with Crippen LogP contribution in [0.25, 0.3) is 11.1 Å². The van der Waals surface area contributed by atoms with Gasteiger partial charge < -0.3 is 20.5 Å². The minimum atomic E-state index is -4.82. The summed E-state index contributed by atoms with van der Waals surface area (Å²) >= 11 is 11.7. The van der Waals surface area contributed by atoms with Crippen LogP contribution in [0.4, 0.5) is 23.4 Å². The van der Waals surface area contributed by atoms with Crippen LogP contribution in [0.3, 0.4) is 0 Å². The largest absolute Gasteiger partial charge is 0.414 e. The number of aryl methyl sites for hydroxylation is 2. The number of carbonyl (C=O) groups excluding carboxylic acids is 2. The predicted molar refractivity (Wildman–Crippen MR) is 177 cm³/mol. The van der Waals surface area contributed by atoms with Crippen molar-refractivity contribution in [1.82, 2.24) is 29.9 Å². The van der Waals surface area contributed by atoms with Gasteiger partial charge in [0.2, 0.25) is 11.9 Å². The maximum absolute atomic E-state index is 15.4. The summed E-state index contributed by atoms with van der Waals surface area (Å²) < 4.78 is 62.1. The summed E-state index contributed by atoms with van der Waals surface area (Å²) in [4.78, 5) is 29.6. The van der Waals surface area contributed by atoms with E-state index >= 15 is 4.39 Å². The number of aliphatic hydroxyl groups is 1. The third-order valence-electron chi connectivity index (χ3n) is 7.44. The second-order valence-corrected chi connectivity index (χ2v) is 19.4. The van der Waals surface area contributed by atoms with E-state index in [1.165, 1.54) is 24.4 Å². The van der Waals surface area contributed by atoms with E-state index in [2.05, 4.69) is 45.5 Å². The van der Waals surface area contributed by atoms with Gasteiger partial charge in [-0.05, 0) is 57.4 Å². The van der Waals surface area contributed by atoms with Gasteiger partial charge in [-0.3, -0.25) is 14.3 Å². The molecule has 3 heterocycles. The van der Waals surface area contributed by atoms with Crippen molar-refractivity contribution < 1.29 is 37.0 Å².